The van der Waals surface area contributed by atoms with Crippen LogP contribution in [0.15, 0.2) is 40.9 Å². The lowest BCUT2D eigenvalue weighted by Gasteiger charge is -2.23. The summed E-state index contributed by atoms with van der Waals surface area (Å²) in [6.07, 6.45) is 4.12. The van der Waals surface area contributed by atoms with E-state index >= 15 is 0 Å². The number of carbonyl (C=O) groups is 1. The van der Waals surface area contributed by atoms with Crippen LogP contribution in [-0.4, -0.2) is 33.7 Å². The quantitative estimate of drug-likeness (QED) is 0.344. The molecule has 0 aliphatic carbocycles. The van der Waals surface area contributed by atoms with Gasteiger partial charge in [-0.05, 0) is 66.3 Å². The maximum Gasteiger partial charge on any atom is 0.211 e. The van der Waals surface area contributed by atoms with Gasteiger partial charge >= 0.3 is 0 Å². The minimum atomic E-state index is 0.0329. The topological polar surface area (TPSA) is 69.0 Å². The van der Waals surface area contributed by atoms with Gasteiger partial charge in [-0.1, -0.05) is 54.9 Å². The summed E-state index contributed by atoms with van der Waals surface area (Å²) in [5.41, 5.74) is 5.68. The third-order valence-corrected chi connectivity index (χ3v) is 7.46. The van der Waals surface area contributed by atoms with Crippen molar-refractivity contribution in [2.75, 3.05) is 18.5 Å². The molecule has 3 heterocycles. The van der Waals surface area contributed by atoms with Gasteiger partial charge in [0.15, 0.2) is 0 Å². The molecule has 6 nitrogen and oxygen atoms in total. The highest BCUT2D eigenvalue weighted by atomic mass is 79.9. The number of nitrogens with one attached hydrogen (secondary N) is 1. The van der Waals surface area contributed by atoms with Crippen molar-refractivity contribution in [1.82, 2.24) is 14.8 Å². The highest BCUT2D eigenvalue weighted by molar-refractivity contribution is 9.10. The van der Waals surface area contributed by atoms with E-state index in [1.807, 2.05) is 13.1 Å². The lowest BCUT2D eigenvalue weighted by Crippen LogP contribution is -2.14. The molecule has 4 rings (SSSR count). The minimum absolute atomic E-state index is 0.0329. The average molecular weight is 554 g/mol. The molecule has 1 atom stereocenters. The fraction of sp³-hybridized carbons (Fsp3) is 0.483. The summed E-state index contributed by atoms with van der Waals surface area (Å²) >= 11 is 3.73. The number of nitrogens with zero attached hydrogens (tertiary/aromatic N) is 3. The molecule has 0 fully saturated rings. The zero-order chi connectivity index (χ0) is 25.9. The molecule has 1 aliphatic rings. The number of aryl methyl sites for hydroxylation is 2. The van der Waals surface area contributed by atoms with Crippen LogP contribution in [0.4, 0.5) is 5.82 Å². The van der Waals surface area contributed by atoms with Crippen molar-refractivity contribution in [3.63, 3.8) is 0 Å². The Bertz CT molecular complexity index is 1230. The number of ketones is 1. The molecule has 1 aromatic carbocycles. The molecule has 1 unspecified atom stereocenters. The molecule has 0 bridgehead atoms. The van der Waals surface area contributed by atoms with Gasteiger partial charge in [0.2, 0.25) is 5.88 Å². The molecule has 2 aromatic heterocycles. The standard InChI is InChI=1S/C29H37BrN4O2/c1-19(35)15-21(25-17-22(29(2,3)4)9-11-26(25)30)16-24-18-27(34(5)33-24)36-14-12-23-10-8-20-7-6-13-31-28(20)32-23/h8-11,17-18,21H,6-7,12-16H2,1-5H3,(H,31,32). The van der Waals surface area contributed by atoms with Crippen molar-refractivity contribution < 1.29 is 9.53 Å². The minimum Gasteiger partial charge on any atom is -0.477 e. The number of fused-ring (bicyclic) bond motifs is 1. The lowest BCUT2D eigenvalue weighted by molar-refractivity contribution is -0.117. The molecule has 0 radical (unpaired) electrons. The molecule has 0 spiro atoms. The monoisotopic (exact) mass is 552 g/mol. The average Bonchev–Trinajstić information content (AvgIpc) is 3.16. The van der Waals surface area contributed by atoms with Crippen LogP contribution in [0.3, 0.4) is 0 Å². The van der Waals surface area contributed by atoms with E-state index in [1.54, 1.807) is 11.6 Å². The molecule has 0 saturated heterocycles. The number of carbonyl (C=O) groups excluding carboxylic acids is 1. The largest absolute Gasteiger partial charge is 0.477 e. The first-order valence-corrected chi connectivity index (χ1v) is 13.6. The normalized spacial score (nSPS) is 14.2. The van der Waals surface area contributed by atoms with Crippen LogP contribution < -0.4 is 10.1 Å². The number of pyridine rings is 1. The molecular formula is C29H37BrN4O2. The number of rotatable bonds is 9. The highest BCUT2D eigenvalue weighted by Crippen LogP contribution is 2.35. The van der Waals surface area contributed by atoms with Gasteiger partial charge in [-0.3, -0.25) is 0 Å². The van der Waals surface area contributed by atoms with Gasteiger partial charge in [0.25, 0.3) is 0 Å². The summed E-state index contributed by atoms with van der Waals surface area (Å²) in [6.45, 7) is 9.79. The Balaban J connectivity index is 1.45. The number of halogens is 1. The number of Topliss-reactive ketones (excluding diaryl/α,β-unsaturated/α-hetero) is 1. The van der Waals surface area contributed by atoms with Crippen LogP contribution in [-0.2, 0) is 36.5 Å². The third kappa shape index (κ3) is 6.55. The molecule has 1 aliphatic heterocycles. The Labute approximate surface area is 223 Å². The predicted molar refractivity (Wildman–Crippen MR) is 148 cm³/mol. The summed E-state index contributed by atoms with van der Waals surface area (Å²) in [5.74, 6) is 1.95. The van der Waals surface area contributed by atoms with E-state index in [1.165, 1.54) is 11.1 Å². The number of anilines is 1. The summed E-state index contributed by atoms with van der Waals surface area (Å²) in [7, 11) is 1.90. The Kier molecular flexibility index (Phi) is 8.18. The first-order chi connectivity index (χ1) is 17.1. The maximum absolute atomic E-state index is 12.2. The zero-order valence-corrected chi connectivity index (χ0v) is 23.6. The SMILES string of the molecule is CC(=O)CC(Cc1cc(OCCc2ccc3c(n2)NCCC3)n(C)n1)c1cc(C(C)(C)C)ccc1Br. The third-order valence-electron chi connectivity index (χ3n) is 6.74. The second kappa shape index (κ2) is 11.2. The summed E-state index contributed by atoms with van der Waals surface area (Å²) in [6, 6.07) is 12.8. The van der Waals surface area contributed by atoms with E-state index < -0.39 is 0 Å². The van der Waals surface area contributed by atoms with Crippen LogP contribution >= 0.6 is 15.9 Å². The van der Waals surface area contributed by atoms with E-state index in [0.717, 1.165) is 58.9 Å². The van der Waals surface area contributed by atoms with E-state index in [9.17, 15) is 4.79 Å². The van der Waals surface area contributed by atoms with E-state index in [-0.39, 0.29) is 17.1 Å². The van der Waals surface area contributed by atoms with Crippen LogP contribution in [0, 0.1) is 0 Å². The zero-order valence-electron chi connectivity index (χ0n) is 22.0. The second-order valence-electron chi connectivity index (χ2n) is 10.8. The molecule has 3 aromatic rings. The first-order valence-electron chi connectivity index (χ1n) is 12.8. The highest BCUT2D eigenvalue weighted by Gasteiger charge is 2.23. The van der Waals surface area contributed by atoms with Gasteiger partial charge in [0.1, 0.15) is 11.6 Å². The van der Waals surface area contributed by atoms with Crippen LogP contribution in [0.1, 0.15) is 74.5 Å². The molecular weight excluding hydrogens is 516 g/mol. The van der Waals surface area contributed by atoms with Gasteiger partial charge in [-0.2, -0.15) is 5.10 Å². The molecule has 0 saturated carbocycles. The Morgan fingerprint density at radius 1 is 1.19 bits per heavy atom. The van der Waals surface area contributed by atoms with Gasteiger partial charge in [0.05, 0.1) is 12.3 Å². The molecule has 36 heavy (non-hydrogen) atoms. The van der Waals surface area contributed by atoms with Crippen LogP contribution in [0.5, 0.6) is 5.88 Å². The second-order valence-corrected chi connectivity index (χ2v) is 11.7. The summed E-state index contributed by atoms with van der Waals surface area (Å²) in [5, 5.41) is 8.10. The van der Waals surface area contributed by atoms with Crippen molar-refractivity contribution >= 4 is 27.5 Å². The Morgan fingerprint density at radius 3 is 2.75 bits per heavy atom. The van der Waals surface area contributed by atoms with Crippen molar-refractivity contribution in [2.24, 2.45) is 7.05 Å². The summed E-state index contributed by atoms with van der Waals surface area (Å²) < 4.78 is 8.89. The van der Waals surface area contributed by atoms with Crippen LogP contribution in [0.25, 0.3) is 0 Å². The fourth-order valence-electron chi connectivity index (χ4n) is 4.72. The van der Waals surface area contributed by atoms with Gasteiger partial charge in [0, 0.05) is 42.7 Å². The van der Waals surface area contributed by atoms with Gasteiger partial charge in [-0.25, -0.2) is 9.67 Å². The van der Waals surface area contributed by atoms with Crippen molar-refractivity contribution in [1.29, 1.82) is 0 Å². The molecule has 1 N–H and O–H groups in total. The number of ether oxygens (including phenoxy) is 1. The number of benzene rings is 1. The Hall–Kier alpha value is -2.67. The van der Waals surface area contributed by atoms with E-state index in [4.69, 9.17) is 14.8 Å². The van der Waals surface area contributed by atoms with Crippen molar-refractivity contribution in [3.8, 4) is 5.88 Å². The van der Waals surface area contributed by atoms with Gasteiger partial charge < -0.3 is 14.8 Å². The number of aromatic nitrogens is 3. The first kappa shape index (κ1) is 26.4. The molecule has 0 amide bonds. The fourth-order valence-corrected chi connectivity index (χ4v) is 5.29. The summed E-state index contributed by atoms with van der Waals surface area (Å²) in [4.78, 5) is 16.9. The number of hydrogen-bond donors (Lipinski definition) is 1. The number of hydrogen-bond acceptors (Lipinski definition) is 5. The predicted octanol–water partition coefficient (Wildman–Crippen LogP) is 6.16. The maximum atomic E-state index is 12.2. The Morgan fingerprint density at radius 2 is 2.00 bits per heavy atom. The smallest absolute Gasteiger partial charge is 0.211 e. The van der Waals surface area contributed by atoms with Crippen LogP contribution in [0.2, 0.25) is 0 Å². The lowest BCUT2D eigenvalue weighted by atomic mass is 9.82. The van der Waals surface area contributed by atoms with Crippen molar-refractivity contribution in [3.05, 3.63) is 68.9 Å². The van der Waals surface area contributed by atoms with Gasteiger partial charge in [-0.15, -0.1) is 0 Å². The van der Waals surface area contributed by atoms with E-state index in [2.05, 4.69) is 72.3 Å². The van der Waals surface area contributed by atoms with Crippen molar-refractivity contribution in [2.45, 2.75) is 71.1 Å². The molecule has 192 valence electrons. The van der Waals surface area contributed by atoms with E-state index in [0.29, 0.717) is 19.4 Å². The molecule has 7 heteroatoms.